The molecule has 0 heterocycles. The third-order valence-electron chi connectivity index (χ3n) is 4.66. The highest BCUT2D eigenvalue weighted by Crippen LogP contribution is 2.24. The Bertz CT molecular complexity index is 843. The smallest absolute Gasteiger partial charge is 0.314 e. The van der Waals surface area contributed by atoms with Crippen LogP contribution in [0.15, 0.2) is 64.1 Å². The van der Waals surface area contributed by atoms with E-state index in [-0.39, 0.29) is 11.7 Å². The Morgan fingerprint density at radius 3 is 2.30 bits per heavy atom. The molecule has 0 radical (unpaired) electrons. The molecule has 1 rings (SSSR count). The van der Waals surface area contributed by atoms with Gasteiger partial charge in [0, 0.05) is 22.9 Å². The molecular weight excluding hydrogens is 470 g/mol. The van der Waals surface area contributed by atoms with Crippen LogP contribution in [0.4, 0.5) is 0 Å². The fraction of sp³-hybridized carbons (Fsp3) is 0.462. The summed E-state index contributed by atoms with van der Waals surface area (Å²) in [6, 6.07) is 7.67. The maximum absolute atomic E-state index is 12.6. The van der Waals surface area contributed by atoms with E-state index in [9.17, 15) is 9.59 Å². The van der Waals surface area contributed by atoms with Crippen LogP contribution >= 0.6 is 33.3 Å². The van der Waals surface area contributed by atoms with Crippen molar-refractivity contribution in [2.75, 3.05) is 23.8 Å². The topological polar surface area (TPSA) is 66.4 Å². The molecule has 33 heavy (non-hydrogen) atoms. The molecule has 0 atom stereocenters. The maximum Gasteiger partial charge on any atom is 0.314 e. The largest absolute Gasteiger partial charge is 0.481 e. The van der Waals surface area contributed by atoms with Gasteiger partial charge in [0.05, 0.1) is 5.56 Å². The van der Waals surface area contributed by atoms with Crippen LogP contribution in [-0.2, 0) is 4.79 Å². The van der Waals surface area contributed by atoms with E-state index < -0.39 is 5.97 Å². The predicted octanol–water partition coefficient (Wildman–Crippen LogP) is 7.39. The van der Waals surface area contributed by atoms with E-state index in [0.717, 1.165) is 36.3 Å². The number of aliphatic carboxylic acids is 1. The van der Waals surface area contributed by atoms with Crippen LogP contribution in [0.5, 0.6) is 0 Å². The zero-order chi connectivity index (χ0) is 24.5. The van der Waals surface area contributed by atoms with Crippen LogP contribution in [0.2, 0.25) is 0 Å². The first-order valence-corrected chi connectivity index (χ1v) is 14.7. The van der Waals surface area contributed by atoms with Crippen LogP contribution < -0.4 is 5.32 Å². The first kappa shape index (κ1) is 29.5. The average Bonchev–Trinajstić information content (AvgIpc) is 2.76. The van der Waals surface area contributed by atoms with E-state index in [1.165, 1.54) is 38.3 Å². The van der Waals surface area contributed by atoms with Gasteiger partial charge < -0.3 is 10.4 Å². The third-order valence-corrected chi connectivity index (χ3v) is 7.92. The van der Waals surface area contributed by atoms with Gasteiger partial charge in [-0.2, -0.15) is 0 Å². The van der Waals surface area contributed by atoms with E-state index in [1.807, 2.05) is 24.3 Å². The SMILES string of the molecule is CC(C)=CCC/C(C)=C/CC/C(C)=C/CSc1ccccc1C(=O)NCCSSCC(=O)O. The fourth-order valence-electron chi connectivity index (χ4n) is 2.85. The van der Waals surface area contributed by atoms with E-state index >= 15 is 0 Å². The van der Waals surface area contributed by atoms with Crippen LogP contribution in [0.1, 0.15) is 63.7 Å². The molecule has 1 aromatic carbocycles. The lowest BCUT2D eigenvalue weighted by Gasteiger charge is -2.09. The number of rotatable bonds is 16. The summed E-state index contributed by atoms with van der Waals surface area (Å²) < 4.78 is 0. The van der Waals surface area contributed by atoms with Crippen molar-refractivity contribution in [3.05, 3.63) is 64.8 Å². The van der Waals surface area contributed by atoms with Crippen molar-refractivity contribution < 1.29 is 14.7 Å². The standard InChI is InChI=1S/C26H37NO3S3/c1-20(2)9-7-10-21(3)11-8-12-22(4)15-17-31-24-14-6-5-13-23(24)26(30)27-16-18-32-33-19-25(28)29/h5-6,9,11,13-15H,7-8,10,12,16-19H2,1-4H3,(H,27,30)(H,28,29)/b21-11+,22-15+. The monoisotopic (exact) mass is 507 g/mol. The number of benzene rings is 1. The minimum atomic E-state index is -0.825. The molecule has 1 amide bonds. The van der Waals surface area contributed by atoms with Crippen molar-refractivity contribution >= 4 is 45.2 Å². The molecule has 0 bridgehead atoms. The van der Waals surface area contributed by atoms with Crippen LogP contribution in [0.3, 0.4) is 0 Å². The second-order valence-corrected chi connectivity index (χ2v) is 11.6. The van der Waals surface area contributed by atoms with Gasteiger partial charge in [0.15, 0.2) is 0 Å². The second-order valence-electron chi connectivity index (χ2n) is 8.00. The zero-order valence-corrected chi connectivity index (χ0v) is 22.6. The molecule has 182 valence electrons. The Balaban J connectivity index is 2.42. The third kappa shape index (κ3) is 15.0. The van der Waals surface area contributed by atoms with Crippen molar-refractivity contribution in [1.82, 2.24) is 5.32 Å². The van der Waals surface area contributed by atoms with Gasteiger partial charge in [0.2, 0.25) is 0 Å². The van der Waals surface area contributed by atoms with Gasteiger partial charge in [-0.3, -0.25) is 9.59 Å². The number of carboxylic acids is 1. The summed E-state index contributed by atoms with van der Waals surface area (Å²) in [6.07, 6.45) is 11.3. The Morgan fingerprint density at radius 1 is 0.939 bits per heavy atom. The zero-order valence-electron chi connectivity index (χ0n) is 20.2. The molecule has 0 unspecified atom stereocenters. The number of thioether (sulfide) groups is 1. The van der Waals surface area contributed by atoms with Crippen LogP contribution in [0.25, 0.3) is 0 Å². The van der Waals surface area contributed by atoms with E-state index in [2.05, 4.69) is 51.2 Å². The normalized spacial score (nSPS) is 11.9. The molecule has 0 spiro atoms. The lowest BCUT2D eigenvalue weighted by molar-refractivity contribution is -0.133. The van der Waals surface area contributed by atoms with Crippen LogP contribution in [-0.4, -0.2) is 40.8 Å². The van der Waals surface area contributed by atoms with Gasteiger partial charge in [-0.25, -0.2) is 0 Å². The predicted molar refractivity (Wildman–Crippen MR) is 147 cm³/mol. The van der Waals surface area contributed by atoms with Crippen molar-refractivity contribution in [2.45, 2.75) is 58.3 Å². The first-order valence-electron chi connectivity index (χ1n) is 11.2. The molecule has 0 fully saturated rings. The van der Waals surface area contributed by atoms with Crippen molar-refractivity contribution in [3.8, 4) is 0 Å². The summed E-state index contributed by atoms with van der Waals surface area (Å²) in [4.78, 5) is 24.0. The van der Waals surface area contributed by atoms with Gasteiger partial charge in [-0.15, -0.1) is 11.8 Å². The number of carboxylic acid groups (broad SMARTS) is 1. The molecule has 0 aliphatic heterocycles. The quantitative estimate of drug-likeness (QED) is 0.105. The van der Waals surface area contributed by atoms with E-state index in [0.29, 0.717) is 17.9 Å². The van der Waals surface area contributed by atoms with E-state index in [4.69, 9.17) is 5.11 Å². The molecule has 1 aromatic rings. The van der Waals surface area contributed by atoms with Crippen molar-refractivity contribution in [1.29, 1.82) is 0 Å². The number of carbonyl (C=O) groups is 2. The van der Waals surface area contributed by atoms with Crippen molar-refractivity contribution in [2.24, 2.45) is 0 Å². The number of nitrogens with one attached hydrogen (secondary N) is 1. The first-order chi connectivity index (χ1) is 15.8. The van der Waals surface area contributed by atoms with E-state index in [1.54, 1.807) is 11.8 Å². The highest BCUT2D eigenvalue weighted by molar-refractivity contribution is 8.76. The summed E-state index contributed by atoms with van der Waals surface area (Å²) in [5.74, 6) is 0.659. The number of allylic oxidation sites excluding steroid dienone is 5. The number of amides is 1. The maximum atomic E-state index is 12.6. The summed E-state index contributed by atoms with van der Waals surface area (Å²) in [7, 11) is 2.74. The molecule has 4 nitrogen and oxygen atoms in total. The highest BCUT2D eigenvalue weighted by atomic mass is 33.1. The Morgan fingerprint density at radius 2 is 1.61 bits per heavy atom. The van der Waals surface area contributed by atoms with Gasteiger partial charge in [0.1, 0.15) is 5.75 Å². The molecule has 7 heteroatoms. The lowest BCUT2D eigenvalue weighted by atomic mass is 10.1. The average molecular weight is 508 g/mol. The fourth-order valence-corrected chi connectivity index (χ4v) is 5.53. The Hall–Kier alpha value is -1.57. The molecule has 0 saturated carbocycles. The highest BCUT2D eigenvalue weighted by Gasteiger charge is 2.10. The number of carbonyl (C=O) groups excluding carboxylic acids is 1. The molecular formula is C26H37NO3S3. The molecule has 2 N–H and O–H groups in total. The molecule has 0 aliphatic rings. The summed E-state index contributed by atoms with van der Waals surface area (Å²) in [5.41, 5.74) is 4.89. The summed E-state index contributed by atoms with van der Waals surface area (Å²) >= 11 is 1.67. The Kier molecular flexibility index (Phi) is 15.9. The number of hydrogen-bond donors (Lipinski definition) is 2. The minimum absolute atomic E-state index is 0.0667. The second kappa shape index (κ2) is 17.8. The molecule has 0 saturated heterocycles. The molecule has 0 aliphatic carbocycles. The Labute approximate surface area is 211 Å². The van der Waals surface area contributed by atoms with Crippen LogP contribution in [0, 0.1) is 0 Å². The number of hydrogen-bond acceptors (Lipinski definition) is 5. The van der Waals surface area contributed by atoms with Crippen molar-refractivity contribution in [3.63, 3.8) is 0 Å². The van der Waals surface area contributed by atoms with Gasteiger partial charge in [0.25, 0.3) is 5.91 Å². The van der Waals surface area contributed by atoms with Gasteiger partial charge >= 0.3 is 5.97 Å². The summed E-state index contributed by atoms with van der Waals surface area (Å²) in [5, 5.41) is 11.6. The van der Waals surface area contributed by atoms with Gasteiger partial charge in [-0.05, 0) is 65.5 Å². The minimum Gasteiger partial charge on any atom is -0.481 e. The van der Waals surface area contributed by atoms with Gasteiger partial charge in [-0.1, -0.05) is 68.7 Å². The summed E-state index contributed by atoms with van der Waals surface area (Å²) in [6.45, 7) is 9.17. The molecule has 0 aromatic heterocycles. The lowest BCUT2D eigenvalue weighted by Crippen LogP contribution is -2.26.